The van der Waals surface area contributed by atoms with Gasteiger partial charge in [0.25, 0.3) is 11.6 Å². The number of hydrogen-bond donors (Lipinski definition) is 1. The molecule has 1 N–H and O–H groups in total. The smallest absolute Gasteiger partial charge is 0.290 e. The molecule has 108 valence electrons. The van der Waals surface area contributed by atoms with Crippen LogP contribution in [0, 0.1) is 10.1 Å². The molecule has 0 aliphatic carbocycles. The number of benzene rings is 1. The number of nitro benzene ring substituents is 1. The highest BCUT2D eigenvalue weighted by atomic mass is 35.5. The SMILES string of the molecule is O=C(NCc1ccncn1)c1cc(Cl)c(Cl)c([N+](=O)[O-])c1. The molecule has 21 heavy (non-hydrogen) atoms. The summed E-state index contributed by atoms with van der Waals surface area (Å²) in [5, 5.41) is 13.2. The molecule has 0 aliphatic rings. The van der Waals surface area contributed by atoms with E-state index in [9.17, 15) is 14.9 Å². The number of nitrogens with one attached hydrogen (secondary N) is 1. The number of nitro groups is 1. The number of rotatable bonds is 4. The highest BCUT2D eigenvalue weighted by Crippen LogP contribution is 2.33. The zero-order chi connectivity index (χ0) is 15.4. The molecule has 1 aromatic heterocycles. The van der Waals surface area contributed by atoms with Gasteiger partial charge < -0.3 is 5.32 Å². The molecule has 1 amide bonds. The van der Waals surface area contributed by atoms with E-state index in [1.54, 1.807) is 12.3 Å². The topological polar surface area (TPSA) is 98.0 Å². The van der Waals surface area contributed by atoms with Gasteiger partial charge in [-0.1, -0.05) is 23.2 Å². The maximum atomic E-state index is 12.0. The van der Waals surface area contributed by atoms with E-state index in [-0.39, 0.29) is 22.2 Å². The zero-order valence-electron chi connectivity index (χ0n) is 10.4. The van der Waals surface area contributed by atoms with Crippen molar-refractivity contribution in [3.63, 3.8) is 0 Å². The average molecular weight is 327 g/mol. The van der Waals surface area contributed by atoms with Gasteiger partial charge >= 0.3 is 0 Å². The van der Waals surface area contributed by atoms with Crippen molar-refractivity contribution in [2.24, 2.45) is 0 Å². The number of aromatic nitrogens is 2. The third-order valence-corrected chi connectivity index (χ3v) is 3.33. The van der Waals surface area contributed by atoms with Crippen molar-refractivity contribution in [3.05, 3.63) is 62.1 Å². The number of nitrogens with zero attached hydrogens (tertiary/aromatic N) is 3. The highest BCUT2D eigenvalue weighted by molar-refractivity contribution is 6.43. The lowest BCUT2D eigenvalue weighted by atomic mass is 10.2. The summed E-state index contributed by atoms with van der Waals surface area (Å²) in [7, 11) is 0. The van der Waals surface area contributed by atoms with Crippen LogP contribution in [0.15, 0.2) is 30.7 Å². The number of carbonyl (C=O) groups is 1. The van der Waals surface area contributed by atoms with Crippen LogP contribution < -0.4 is 5.32 Å². The van der Waals surface area contributed by atoms with Gasteiger partial charge in [-0.15, -0.1) is 0 Å². The molecule has 7 nitrogen and oxygen atoms in total. The Kier molecular flexibility index (Phi) is 4.66. The summed E-state index contributed by atoms with van der Waals surface area (Å²) in [4.78, 5) is 29.8. The summed E-state index contributed by atoms with van der Waals surface area (Å²) in [5.41, 5.74) is 0.231. The molecule has 2 rings (SSSR count). The predicted molar refractivity (Wildman–Crippen MR) is 76.3 cm³/mol. The van der Waals surface area contributed by atoms with E-state index in [4.69, 9.17) is 23.2 Å². The zero-order valence-corrected chi connectivity index (χ0v) is 11.9. The van der Waals surface area contributed by atoms with Gasteiger partial charge in [-0.25, -0.2) is 9.97 Å². The number of halogens is 2. The summed E-state index contributed by atoms with van der Waals surface area (Å²) in [6.45, 7) is 0.162. The lowest BCUT2D eigenvalue weighted by Crippen LogP contribution is -2.23. The first-order chi connectivity index (χ1) is 9.99. The first-order valence-electron chi connectivity index (χ1n) is 5.65. The van der Waals surface area contributed by atoms with Crippen molar-refractivity contribution in [3.8, 4) is 0 Å². The van der Waals surface area contributed by atoms with E-state index < -0.39 is 16.5 Å². The molecule has 0 saturated heterocycles. The number of amides is 1. The van der Waals surface area contributed by atoms with Crippen LogP contribution in [0.5, 0.6) is 0 Å². The van der Waals surface area contributed by atoms with Crippen molar-refractivity contribution >= 4 is 34.8 Å². The molecule has 0 bridgehead atoms. The second-order valence-electron chi connectivity index (χ2n) is 3.93. The monoisotopic (exact) mass is 326 g/mol. The van der Waals surface area contributed by atoms with Gasteiger partial charge in [0.15, 0.2) is 0 Å². The Balaban J connectivity index is 2.18. The van der Waals surface area contributed by atoms with Crippen molar-refractivity contribution in [1.82, 2.24) is 15.3 Å². The van der Waals surface area contributed by atoms with Crippen molar-refractivity contribution in [2.45, 2.75) is 6.54 Å². The van der Waals surface area contributed by atoms with Crippen molar-refractivity contribution in [1.29, 1.82) is 0 Å². The van der Waals surface area contributed by atoms with Gasteiger partial charge in [0, 0.05) is 17.8 Å². The molecule has 2 aromatic rings. The molecule has 1 aromatic carbocycles. The quantitative estimate of drug-likeness (QED) is 0.687. The Morgan fingerprint density at radius 2 is 2.14 bits per heavy atom. The largest absolute Gasteiger partial charge is 0.346 e. The van der Waals surface area contributed by atoms with E-state index >= 15 is 0 Å². The van der Waals surface area contributed by atoms with Crippen LogP contribution in [0.2, 0.25) is 10.0 Å². The van der Waals surface area contributed by atoms with Crippen LogP contribution in [0.1, 0.15) is 16.1 Å². The molecule has 0 radical (unpaired) electrons. The fourth-order valence-corrected chi connectivity index (χ4v) is 1.93. The molecule has 0 atom stereocenters. The molecule has 0 saturated carbocycles. The lowest BCUT2D eigenvalue weighted by Gasteiger charge is -2.06. The summed E-state index contributed by atoms with van der Waals surface area (Å²) in [6.07, 6.45) is 2.89. The van der Waals surface area contributed by atoms with Crippen LogP contribution in [0.3, 0.4) is 0 Å². The Bertz CT molecular complexity index is 694. The molecule has 9 heteroatoms. The number of carbonyl (C=O) groups excluding carboxylic acids is 1. The van der Waals surface area contributed by atoms with E-state index in [1.807, 2.05) is 0 Å². The maximum Gasteiger partial charge on any atom is 0.290 e. The molecule has 0 aliphatic heterocycles. The summed E-state index contributed by atoms with van der Waals surface area (Å²) in [5.74, 6) is -0.518. The van der Waals surface area contributed by atoms with Crippen molar-refractivity contribution in [2.75, 3.05) is 0 Å². The van der Waals surface area contributed by atoms with Gasteiger partial charge in [-0.3, -0.25) is 14.9 Å². The van der Waals surface area contributed by atoms with E-state index in [0.717, 1.165) is 6.07 Å². The lowest BCUT2D eigenvalue weighted by molar-refractivity contribution is -0.384. The summed E-state index contributed by atoms with van der Waals surface area (Å²) < 4.78 is 0. The predicted octanol–water partition coefficient (Wildman–Crippen LogP) is 2.62. The van der Waals surface area contributed by atoms with Gasteiger partial charge in [0.1, 0.15) is 11.3 Å². The minimum atomic E-state index is -0.699. The van der Waals surface area contributed by atoms with Crippen molar-refractivity contribution < 1.29 is 9.72 Å². The average Bonchev–Trinajstić information content (AvgIpc) is 2.48. The van der Waals surface area contributed by atoms with Crippen LogP contribution in [-0.2, 0) is 6.54 Å². The fraction of sp³-hybridized carbons (Fsp3) is 0.0833. The number of hydrogen-bond acceptors (Lipinski definition) is 5. The standard InChI is InChI=1S/C12H8Cl2N4O3/c13-9-3-7(4-10(11(9)14)18(20)21)12(19)16-5-8-1-2-15-6-17-8/h1-4,6H,5H2,(H,16,19). The Labute approximate surface area is 129 Å². The second-order valence-corrected chi connectivity index (χ2v) is 4.72. The minimum absolute atomic E-state index is 0.0464. The van der Waals surface area contributed by atoms with Gasteiger partial charge in [0.2, 0.25) is 0 Å². The van der Waals surface area contributed by atoms with Crippen LogP contribution in [0.4, 0.5) is 5.69 Å². The van der Waals surface area contributed by atoms with E-state index in [1.165, 1.54) is 12.4 Å². The molecule has 0 unspecified atom stereocenters. The first kappa shape index (κ1) is 15.1. The van der Waals surface area contributed by atoms with Crippen LogP contribution >= 0.6 is 23.2 Å². The molecule has 1 heterocycles. The van der Waals surface area contributed by atoms with E-state index in [2.05, 4.69) is 15.3 Å². The third-order valence-electron chi connectivity index (χ3n) is 2.54. The molecular weight excluding hydrogens is 319 g/mol. The molecular formula is C12H8Cl2N4O3. The minimum Gasteiger partial charge on any atom is -0.346 e. The normalized spacial score (nSPS) is 10.2. The van der Waals surface area contributed by atoms with Gasteiger partial charge in [0.05, 0.1) is 22.2 Å². The Morgan fingerprint density at radius 1 is 1.38 bits per heavy atom. The Hall–Kier alpha value is -2.25. The summed E-state index contributed by atoms with van der Waals surface area (Å²) in [6, 6.07) is 3.98. The summed E-state index contributed by atoms with van der Waals surface area (Å²) >= 11 is 11.5. The fourth-order valence-electron chi connectivity index (χ4n) is 1.53. The van der Waals surface area contributed by atoms with Gasteiger partial charge in [-0.05, 0) is 12.1 Å². The third kappa shape index (κ3) is 3.65. The van der Waals surface area contributed by atoms with Crippen LogP contribution in [-0.4, -0.2) is 20.8 Å². The van der Waals surface area contributed by atoms with Gasteiger partial charge in [-0.2, -0.15) is 0 Å². The Morgan fingerprint density at radius 3 is 2.76 bits per heavy atom. The molecule has 0 fully saturated rings. The van der Waals surface area contributed by atoms with Crippen LogP contribution in [0.25, 0.3) is 0 Å². The first-order valence-corrected chi connectivity index (χ1v) is 6.41. The second kappa shape index (κ2) is 6.47. The maximum absolute atomic E-state index is 12.0. The molecule has 0 spiro atoms. The highest BCUT2D eigenvalue weighted by Gasteiger charge is 2.20. The van der Waals surface area contributed by atoms with E-state index in [0.29, 0.717) is 5.69 Å².